The van der Waals surface area contributed by atoms with Crippen molar-refractivity contribution in [3.63, 3.8) is 0 Å². The van der Waals surface area contributed by atoms with Crippen LogP contribution >= 0.6 is 11.6 Å². The molecule has 1 atom stereocenters. The topological polar surface area (TPSA) is 38.7 Å². The molecule has 0 N–H and O–H groups in total. The molecule has 0 bridgehead atoms. The first-order valence-electron chi connectivity index (χ1n) is 7.61. The Bertz CT molecular complexity index is 720. The maximum absolute atomic E-state index is 12.1. The van der Waals surface area contributed by atoms with Crippen molar-refractivity contribution in [2.45, 2.75) is 25.2 Å². The fourth-order valence-corrected chi connectivity index (χ4v) is 3.02. The van der Waals surface area contributed by atoms with E-state index < -0.39 is 0 Å². The number of rotatable bonds is 3. The highest BCUT2D eigenvalue weighted by atomic mass is 35.5. The van der Waals surface area contributed by atoms with Gasteiger partial charge in [-0.15, -0.1) is 0 Å². The molecular weight excluding hydrogens is 310 g/mol. The Morgan fingerprint density at radius 2 is 1.74 bits per heavy atom. The number of nitrogens with zero attached hydrogens (tertiary/aromatic N) is 1. The van der Waals surface area contributed by atoms with Gasteiger partial charge in [0.2, 0.25) is 0 Å². The minimum atomic E-state index is 0.188. The average molecular weight is 328 g/mol. The van der Waals surface area contributed by atoms with Crippen molar-refractivity contribution < 1.29 is 9.53 Å². The van der Waals surface area contributed by atoms with Gasteiger partial charge in [-0.3, -0.25) is 9.79 Å². The lowest BCUT2D eigenvalue weighted by atomic mass is 9.82. The maximum atomic E-state index is 12.1. The molecule has 0 spiro atoms. The Kier molecular flexibility index (Phi) is 4.77. The molecular formula is C19H18ClNO2. The normalized spacial score (nSPS) is 19.8. The summed E-state index contributed by atoms with van der Waals surface area (Å²) >= 11 is 5.89. The molecule has 0 heterocycles. The van der Waals surface area contributed by atoms with Crippen molar-refractivity contribution in [3.8, 4) is 5.75 Å². The quantitative estimate of drug-likeness (QED) is 0.799. The van der Waals surface area contributed by atoms with E-state index in [1.165, 1.54) is 0 Å². The number of aliphatic imine (C=N–C) groups is 1. The highest BCUT2D eigenvalue weighted by Gasteiger charge is 2.25. The molecule has 0 saturated heterocycles. The highest BCUT2D eigenvalue weighted by molar-refractivity contribution is 6.30. The van der Waals surface area contributed by atoms with Gasteiger partial charge >= 0.3 is 0 Å². The molecule has 0 radical (unpaired) electrons. The number of carbonyl (C=O) groups is 1. The summed E-state index contributed by atoms with van der Waals surface area (Å²) in [5.74, 6) is 1.25. The van der Waals surface area contributed by atoms with E-state index >= 15 is 0 Å². The predicted molar refractivity (Wildman–Crippen MR) is 93.1 cm³/mol. The summed E-state index contributed by atoms with van der Waals surface area (Å²) in [4.78, 5) is 16.7. The Morgan fingerprint density at radius 3 is 2.39 bits per heavy atom. The molecule has 0 unspecified atom stereocenters. The second kappa shape index (κ2) is 6.97. The first-order valence-corrected chi connectivity index (χ1v) is 7.99. The molecule has 2 aromatic rings. The van der Waals surface area contributed by atoms with Crippen molar-refractivity contribution in [1.82, 2.24) is 0 Å². The molecule has 3 rings (SSSR count). The van der Waals surface area contributed by atoms with E-state index in [4.69, 9.17) is 16.3 Å². The van der Waals surface area contributed by atoms with Gasteiger partial charge in [0.05, 0.1) is 12.8 Å². The number of ketones is 1. The fourth-order valence-electron chi connectivity index (χ4n) is 2.90. The van der Waals surface area contributed by atoms with Gasteiger partial charge in [-0.25, -0.2) is 0 Å². The Morgan fingerprint density at radius 1 is 1.04 bits per heavy atom. The Hall–Kier alpha value is -2.13. The van der Waals surface area contributed by atoms with Crippen molar-refractivity contribution >= 4 is 28.8 Å². The van der Waals surface area contributed by atoms with Crippen LogP contribution in [0.4, 0.5) is 5.69 Å². The number of hydrogen-bond acceptors (Lipinski definition) is 3. The molecule has 1 aliphatic carbocycles. The number of halogens is 1. The number of ether oxygens (including phenoxy) is 1. The van der Waals surface area contributed by atoms with Crippen LogP contribution < -0.4 is 4.74 Å². The third-order valence-electron chi connectivity index (χ3n) is 4.06. The molecule has 3 nitrogen and oxygen atoms in total. The standard InChI is InChI=1S/C19H18ClNO2/c1-23-19-8-2-13(3-9-19)14-10-17(12-18(22)11-14)21-16-6-4-15(20)5-7-16/h2-9,14H,10-12H2,1H3/t14-/m1/s1. The number of hydrogen-bond donors (Lipinski definition) is 0. The van der Waals surface area contributed by atoms with Gasteiger partial charge in [-0.1, -0.05) is 23.7 Å². The summed E-state index contributed by atoms with van der Waals surface area (Å²) in [5, 5.41) is 0.685. The van der Waals surface area contributed by atoms with Gasteiger partial charge in [0.1, 0.15) is 11.5 Å². The monoisotopic (exact) mass is 327 g/mol. The zero-order valence-corrected chi connectivity index (χ0v) is 13.7. The zero-order chi connectivity index (χ0) is 16.2. The van der Waals surface area contributed by atoms with Crippen molar-refractivity contribution in [2.24, 2.45) is 4.99 Å². The van der Waals surface area contributed by atoms with Crippen LogP contribution in [0.1, 0.15) is 30.7 Å². The molecule has 1 saturated carbocycles. The van der Waals surface area contributed by atoms with Crippen molar-refractivity contribution in [2.75, 3.05) is 7.11 Å². The number of Topliss-reactive ketones (excluding diaryl/α,β-unsaturated/α-hetero) is 1. The second-order valence-corrected chi connectivity index (χ2v) is 6.18. The van der Waals surface area contributed by atoms with E-state index in [0.29, 0.717) is 17.9 Å². The smallest absolute Gasteiger partial charge is 0.139 e. The first-order chi connectivity index (χ1) is 11.1. The van der Waals surface area contributed by atoms with E-state index in [1.54, 1.807) is 7.11 Å². The number of benzene rings is 2. The second-order valence-electron chi connectivity index (χ2n) is 5.75. The van der Waals surface area contributed by atoms with Gasteiger partial charge < -0.3 is 4.74 Å². The van der Waals surface area contributed by atoms with E-state index in [-0.39, 0.29) is 11.7 Å². The molecule has 0 aliphatic heterocycles. The van der Waals surface area contributed by atoms with Gasteiger partial charge in [-0.05, 0) is 54.3 Å². The Labute approximate surface area is 141 Å². The molecule has 2 aromatic carbocycles. The molecule has 118 valence electrons. The third-order valence-corrected chi connectivity index (χ3v) is 4.31. The third kappa shape index (κ3) is 3.99. The Balaban J connectivity index is 1.80. The summed E-state index contributed by atoms with van der Waals surface area (Å²) < 4.78 is 5.19. The summed E-state index contributed by atoms with van der Waals surface area (Å²) in [6, 6.07) is 15.3. The fraction of sp³-hybridized carbons (Fsp3) is 0.263. The van der Waals surface area contributed by atoms with Gasteiger partial charge in [0, 0.05) is 23.6 Å². The number of carbonyl (C=O) groups excluding carboxylic acids is 1. The van der Waals surface area contributed by atoms with Crippen LogP contribution in [0.15, 0.2) is 53.5 Å². The molecule has 23 heavy (non-hydrogen) atoms. The van der Waals surface area contributed by atoms with E-state index in [1.807, 2.05) is 48.5 Å². The predicted octanol–water partition coefficient (Wildman–Crippen LogP) is 4.96. The van der Waals surface area contributed by atoms with Crippen LogP contribution in [0.2, 0.25) is 5.02 Å². The molecule has 0 aromatic heterocycles. The molecule has 4 heteroatoms. The van der Waals surface area contributed by atoms with Crippen LogP contribution in [0.3, 0.4) is 0 Å². The van der Waals surface area contributed by atoms with Gasteiger partial charge in [-0.2, -0.15) is 0 Å². The van der Waals surface area contributed by atoms with Gasteiger partial charge in [0.15, 0.2) is 0 Å². The minimum Gasteiger partial charge on any atom is -0.497 e. The number of methoxy groups -OCH3 is 1. The molecule has 1 aliphatic rings. The van der Waals surface area contributed by atoms with Crippen LogP contribution in [-0.2, 0) is 4.79 Å². The van der Waals surface area contributed by atoms with Crippen LogP contribution in [0.5, 0.6) is 5.75 Å². The maximum Gasteiger partial charge on any atom is 0.139 e. The van der Waals surface area contributed by atoms with E-state index in [9.17, 15) is 4.79 Å². The first kappa shape index (κ1) is 15.8. The summed E-state index contributed by atoms with van der Waals surface area (Å²) in [6.45, 7) is 0. The summed E-state index contributed by atoms with van der Waals surface area (Å²) in [5.41, 5.74) is 2.93. The summed E-state index contributed by atoms with van der Waals surface area (Å²) in [6.07, 6.45) is 1.82. The largest absolute Gasteiger partial charge is 0.497 e. The van der Waals surface area contributed by atoms with Crippen molar-refractivity contribution in [3.05, 3.63) is 59.1 Å². The molecule has 0 amide bonds. The van der Waals surface area contributed by atoms with Crippen LogP contribution in [0.25, 0.3) is 0 Å². The average Bonchev–Trinajstić information content (AvgIpc) is 2.56. The lowest BCUT2D eigenvalue weighted by molar-refractivity contribution is -0.118. The van der Waals surface area contributed by atoms with Crippen LogP contribution in [-0.4, -0.2) is 18.6 Å². The van der Waals surface area contributed by atoms with E-state index in [0.717, 1.165) is 29.1 Å². The molecule has 1 fully saturated rings. The van der Waals surface area contributed by atoms with E-state index in [2.05, 4.69) is 4.99 Å². The minimum absolute atomic E-state index is 0.188. The highest BCUT2D eigenvalue weighted by Crippen LogP contribution is 2.32. The SMILES string of the molecule is COc1ccc([C@H]2CC(=O)CC(=Nc3ccc(Cl)cc3)C2)cc1. The van der Waals surface area contributed by atoms with Gasteiger partial charge in [0.25, 0.3) is 0 Å². The lowest BCUT2D eigenvalue weighted by Gasteiger charge is -2.23. The van der Waals surface area contributed by atoms with Crippen molar-refractivity contribution in [1.29, 1.82) is 0 Å². The summed E-state index contributed by atoms with van der Waals surface area (Å²) in [7, 11) is 1.65. The zero-order valence-electron chi connectivity index (χ0n) is 13.0. The van der Waals surface area contributed by atoms with Crippen LogP contribution in [0, 0.1) is 0 Å². The lowest BCUT2D eigenvalue weighted by Crippen LogP contribution is -2.21.